The van der Waals surface area contributed by atoms with Crippen LogP contribution in [0.4, 0.5) is 0 Å². The van der Waals surface area contributed by atoms with E-state index in [2.05, 4.69) is 32.9 Å². The van der Waals surface area contributed by atoms with Gasteiger partial charge in [0.1, 0.15) is 0 Å². The number of halogens is 2. The van der Waals surface area contributed by atoms with Crippen LogP contribution in [0.25, 0.3) is 0 Å². The van der Waals surface area contributed by atoms with Gasteiger partial charge in [-0.05, 0) is 0 Å². The van der Waals surface area contributed by atoms with Gasteiger partial charge in [-0.1, -0.05) is 0 Å². The molecule has 7 unspecified atom stereocenters. The molecule has 3 saturated carbocycles. The van der Waals surface area contributed by atoms with Crippen LogP contribution in [-0.2, 0) is 28.6 Å². The summed E-state index contributed by atoms with van der Waals surface area (Å²) in [5.41, 5.74) is 0. The van der Waals surface area contributed by atoms with Crippen LogP contribution in [0.5, 0.6) is 0 Å². The van der Waals surface area contributed by atoms with Gasteiger partial charge in [-0.2, -0.15) is 0 Å². The number of ether oxygens (including phenoxy) is 3. The Bertz CT molecular complexity index is 778. The van der Waals surface area contributed by atoms with Crippen molar-refractivity contribution in [3.05, 3.63) is 0 Å². The molecule has 0 aromatic carbocycles. The topological polar surface area (TPSA) is 78.9 Å². The van der Waals surface area contributed by atoms with Gasteiger partial charge in [-0.25, -0.2) is 0 Å². The van der Waals surface area contributed by atoms with Gasteiger partial charge in [0, 0.05) is 0 Å². The molecule has 0 aromatic heterocycles. The standard InChI is InChI=1S/C18H20B2I2O6/c1-17(21,18-19-22(18)20-18)16(25)28-13-9-6-8-11(15(24)27-12(8)13)10(9)14(23)26-7-4-2-3-5-7/h7-13H,2-6H2,1H3. The average Bonchev–Trinajstić information content (AvgIpc) is 3.22. The van der Waals surface area contributed by atoms with E-state index in [-0.39, 0.29) is 39.1 Å². The number of alkyl halides is 2. The maximum atomic E-state index is 13.0. The summed E-state index contributed by atoms with van der Waals surface area (Å²) in [6.45, 7) is 1.94. The molecule has 28 heavy (non-hydrogen) atoms. The van der Waals surface area contributed by atoms with Crippen LogP contribution in [0.2, 0.25) is 0 Å². The van der Waals surface area contributed by atoms with Gasteiger partial charge in [-0.15, -0.1) is 0 Å². The summed E-state index contributed by atoms with van der Waals surface area (Å²) in [5.74, 6) is -2.00. The molecule has 0 amide bonds. The molecule has 0 spiro atoms. The molecule has 3 aliphatic heterocycles. The second-order valence-corrected chi connectivity index (χ2v) is 16.2. The van der Waals surface area contributed by atoms with Gasteiger partial charge in [0.15, 0.2) is 0 Å². The summed E-state index contributed by atoms with van der Waals surface area (Å²) in [6, 6.07) is 0. The quantitative estimate of drug-likeness (QED) is 0.156. The fraction of sp³-hybridized carbons (Fsp3) is 0.833. The molecule has 148 valence electrons. The first-order valence-corrected chi connectivity index (χ1v) is 14.7. The summed E-state index contributed by atoms with van der Waals surface area (Å²) in [4.78, 5) is 38.4. The molecule has 3 saturated heterocycles. The number of carbonyl (C=O) groups is 3. The summed E-state index contributed by atoms with van der Waals surface area (Å²) in [7, 11) is 0. The fourth-order valence-corrected chi connectivity index (χ4v) is 15.1. The molecule has 6 aliphatic rings. The summed E-state index contributed by atoms with van der Waals surface area (Å²) in [5, 5.41) is 4.64. The number of rotatable bonds is 5. The average molecular weight is 608 g/mol. The van der Waals surface area contributed by atoms with Crippen LogP contribution in [0.3, 0.4) is 0 Å². The first-order valence-electron chi connectivity index (χ1n) is 10.0. The van der Waals surface area contributed by atoms with E-state index in [0.29, 0.717) is 6.42 Å². The molecule has 3 aliphatic carbocycles. The van der Waals surface area contributed by atoms with Gasteiger partial charge in [0.25, 0.3) is 0 Å². The number of hydrogen-bond donors (Lipinski definition) is 0. The van der Waals surface area contributed by atoms with E-state index in [4.69, 9.17) is 14.2 Å². The summed E-state index contributed by atoms with van der Waals surface area (Å²) in [6.07, 6.45) is 3.71. The zero-order valence-electron chi connectivity index (χ0n) is 15.4. The SMILES string of the molecule is CC(I)(C(=O)OC1C2CC3C1OC(=O)C3C2C(=O)OC1CCCC1)C12[B]I1[B]2. The van der Waals surface area contributed by atoms with Gasteiger partial charge in [0.2, 0.25) is 0 Å². The second kappa shape index (κ2) is 6.03. The number of fused-ring (bicyclic) bond motifs is 2. The minimum atomic E-state index is -1.06. The first-order chi connectivity index (χ1) is 13.3. The van der Waals surface area contributed by atoms with E-state index in [0.717, 1.165) is 25.7 Å². The van der Waals surface area contributed by atoms with E-state index >= 15 is 0 Å². The summed E-state index contributed by atoms with van der Waals surface area (Å²) >= 11 is 1.16. The third-order valence-electron chi connectivity index (χ3n) is 7.56. The van der Waals surface area contributed by atoms with Crippen LogP contribution >= 0.6 is 42.0 Å². The molecule has 6 rings (SSSR count). The number of esters is 3. The van der Waals surface area contributed by atoms with Gasteiger partial charge in [-0.3, -0.25) is 0 Å². The molecule has 10 heteroatoms. The van der Waals surface area contributed by atoms with E-state index < -0.39 is 46.9 Å². The van der Waals surface area contributed by atoms with Crippen LogP contribution in [0, 0.1) is 23.7 Å². The van der Waals surface area contributed by atoms with Crippen molar-refractivity contribution in [1.82, 2.24) is 0 Å². The Morgan fingerprint density at radius 1 is 1.25 bits per heavy atom. The van der Waals surface area contributed by atoms with Crippen molar-refractivity contribution >= 4 is 70.2 Å². The Morgan fingerprint density at radius 2 is 1.93 bits per heavy atom. The van der Waals surface area contributed by atoms with Crippen molar-refractivity contribution in [2.75, 3.05) is 0 Å². The van der Waals surface area contributed by atoms with Crippen LogP contribution in [0.15, 0.2) is 0 Å². The van der Waals surface area contributed by atoms with Gasteiger partial charge in [0.05, 0.1) is 0 Å². The molecule has 2 bridgehead atoms. The third kappa shape index (κ3) is 2.42. The first kappa shape index (κ1) is 18.7. The predicted octanol–water partition coefficient (Wildman–Crippen LogP) is 1.81. The molecule has 6 fully saturated rings. The molecular formula is C18H20B2I2O6. The van der Waals surface area contributed by atoms with Crippen molar-refractivity contribution in [3.63, 3.8) is 0 Å². The normalized spacial score (nSPS) is 44.1. The Balaban J connectivity index is 1.22. The Kier molecular flexibility index (Phi) is 4.04. The molecule has 3 heterocycles. The Morgan fingerprint density at radius 3 is 2.57 bits per heavy atom. The molecule has 0 aromatic rings. The molecular weight excluding hydrogens is 588 g/mol. The van der Waals surface area contributed by atoms with Gasteiger partial charge < -0.3 is 0 Å². The van der Waals surface area contributed by atoms with Gasteiger partial charge >= 0.3 is 186 Å². The predicted molar refractivity (Wildman–Crippen MR) is 117 cm³/mol. The number of carbonyl (C=O) groups excluding carboxylic acids is 3. The van der Waals surface area contributed by atoms with Crippen molar-refractivity contribution in [2.45, 2.75) is 64.0 Å². The maximum absolute atomic E-state index is 13.0. The Hall–Kier alpha value is -0.000130. The molecule has 0 N–H and O–H groups in total. The van der Waals surface area contributed by atoms with E-state index in [1.165, 1.54) is 0 Å². The van der Waals surface area contributed by atoms with E-state index in [1.54, 1.807) is 0 Å². The molecule has 7 atom stereocenters. The molecule has 6 nitrogen and oxygen atoms in total. The minimum absolute atomic E-state index is 0.0293. The van der Waals surface area contributed by atoms with Crippen molar-refractivity contribution in [1.29, 1.82) is 0 Å². The second-order valence-electron chi connectivity index (χ2n) is 9.06. The van der Waals surface area contributed by atoms with E-state index in [9.17, 15) is 14.4 Å². The van der Waals surface area contributed by atoms with Crippen LogP contribution in [-0.4, -0.2) is 53.1 Å². The Labute approximate surface area is 185 Å². The molecule has 2 radical (unpaired) electrons. The zero-order chi connectivity index (χ0) is 19.4. The van der Waals surface area contributed by atoms with Crippen LogP contribution < -0.4 is 0 Å². The zero-order valence-corrected chi connectivity index (χ0v) is 19.8. The van der Waals surface area contributed by atoms with Crippen LogP contribution in [0.1, 0.15) is 39.0 Å². The van der Waals surface area contributed by atoms with E-state index in [1.807, 2.05) is 6.92 Å². The third-order valence-corrected chi connectivity index (χ3v) is 15.7. The van der Waals surface area contributed by atoms with Crippen molar-refractivity contribution < 1.29 is 28.6 Å². The number of hydrogen-bond acceptors (Lipinski definition) is 6. The van der Waals surface area contributed by atoms with Crippen molar-refractivity contribution in [2.24, 2.45) is 23.7 Å². The monoisotopic (exact) mass is 608 g/mol. The van der Waals surface area contributed by atoms with Crippen molar-refractivity contribution in [3.8, 4) is 0 Å². The fourth-order valence-electron chi connectivity index (χ4n) is 5.81. The summed E-state index contributed by atoms with van der Waals surface area (Å²) < 4.78 is 16.8.